The van der Waals surface area contributed by atoms with Crippen molar-refractivity contribution < 1.29 is 19.4 Å². The van der Waals surface area contributed by atoms with E-state index in [-0.39, 0.29) is 5.97 Å². The summed E-state index contributed by atoms with van der Waals surface area (Å²) < 4.78 is 10.3. The molecule has 0 fully saturated rings. The quantitative estimate of drug-likeness (QED) is 0.250. The lowest BCUT2D eigenvalue weighted by Gasteiger charge is -2.35. The average Bonchev–Trinajstić information content (AvgIpc) is 3.58. The smallest absolute Gasteiger partial charge is 0.305 e. The minimum Gasteiger partial charge on any atom is -0.494 e. The molecular weight excluding hydrogens is 506 g/mol. The number of rotatable bonds is 8. The number of thiazole rings is 1. The van der Waals surface area contributed by atoms with E-state index >= 15 is 0 Å². The van der Waals surface area contributed by atoms with E-state index in [4.69, 9.17) is 9.73 Å². The van der Waals surface area contributed by atoms with Crippen LogP contribution in [0.15, 0.2) is 71.3 Å². The highest BCUT2D eigenvalue weighted by Gasteiger charge is 2.43. The third-order valence-corrected chi connectivity index (χ3v) is 6.80. The van der Waals surface area contributed by atoms with Crippen LogP contribution in [0.4, 0.5) is 28.3 Å². The van der Waals surface area contributed by atoms with Gasteiger partial charge in [-0.05, 0) is 42.8 Å². The van der Waals surface area contributed by atoms with E-state index in [9.17, 15) is 9.90 Å². The normalized spacial score (nSPS) is 15.3. The van der Waals surface area contributed by atoms with Gasteiger partial charge in [0.2, 0.25) is 11.1 Å². The molecule has 0 aliphatic carbocycles. The van der Waals surface area contributed by atoms with Gasteiger partial charge in [0.05, 0.1) is 25.0 Å². The van der Waals surface area contributed by atoms with Gasteiger partial charge in [-0.2, -0.15) is 4.98 Å². The molecule has 11 nitrogen and oxygen atoms in total. The van der Waals surface area contributed by atoms with Crippen LogP contribution in [0, 0.1) is 0 Å². The van der Waals surface area contributed by atoms with Gasteiger partial charge in [0.25, 0.3) is 0 Å². The van der Waals surface area contributed by atoms with E-state index in [1.54, 1.807) is 17.4 Å². The average molecular weight is 530 g/mol. The Bertz CT molecular complexity index is 1490. The molecule has 2 aliphatic rings. The van der Waals surface area contributed by atoms with Crippen molar-refractivity contribution in [3.8, 4) is 5.75 Å². The fourth-order valence-electron chi connectivity index (χ4n) is 4.25. The zero-order valence-electron chi connectivity index (χ0n) is 20.3. The number of carbonyl (C=O) groups excluding carboxylic acids is 1. The molecule has 2 N–H and O–H groups in total. The maximum Gasteiger partial charge on any atom is 0.305 e. The number of ether oxygens (including phenoxy) is 2. The highest BCUT2D eigenvalue weighted by Crippen LogP contribution is 2.46. The second-order valence-electron chi connectivity index (χ2n) is 8.45. The predicted molar refractivity (Wildman–Crippen MR) is 142 cm³/mol. The van der Waals surface area contributed by atoms with Gasteiger partial charge in [-0.3, -0.25) is 4.79 Å². The number of nitrogens with one attached hydrogen (secondary N) is 1. The summed E-state index contributed by atoms with van der Waals surface area (Å²) in [7, 11) is 1.37. The van der Waals surface area contributed by atoms with Crippen LogP contribution in [0.2, 0.25) is 0 Å². The van der Waals surface area contributed by atoms with Gasteiger partial charge in [0.1, 0.15) is 5.75 Å². The summed E-state index contributed by atoms with van der Waals surface area (Å²) in [4.78, 5) is 29.4. The zero-order chi connectivity index (χ0) is 26.1. The molecule has 0 saturated carbocycles. The Morgan fingerprint density at radius 3 is 2.79 bits per heavy atom. The van der Waals surface area contributed by atoms with Gasteiger partial charge in [-0.25, -0.2) is 25.0 Å². The van der Waals surface area contributed by atoms with Gasteiger partial charge in [0, 0.05) is 35.4 Å². The molecule has 0 spiro atoms. The Balaban J connectivity index is 1.21. The van der Waals surface area contributed by atoms with Crippen LogP contribution < -0.4 is 15.1 Å². The summed E-state index contributed by atoms with van der Waals surface area (Å²) in [6.45, 7) is 0.415. The van der Waals surface area contributed by atoms with Crippen molar-refractivity contribution in [3.05, 3.63) is 77.4 Å². The molecule has 6 rings (SSSR count). The number of methoxy groups -OCH3 is 1. The number of para-hydroxylation sites is 1. The molecule has 2 aromatic carbocycles. The monoisotopic (exact) mass is 529 g/mol. The standard InChI is InChI=1S/C26H23N7O4S/c1-36-21(34)7-4-13-37-17-10-8-16(9-11-17)29-25-28-15-19-22(31-25)30-23-18-5-2-3-6-20(18)32(33(23)24(19)35)26-27-12-14-38-26/h2-3,5-6,8-12,14-15,24,35H,4,7,13H2,1H3,(H,28,29,31). The summed E-state index contributed by atoms with van der Waals surface area (Å²) in [5.41, 5.74) is 3.01. The number of hydrazine groups is 1. The fraction of sp³-hybridized carbons (Fsp3) is 0.192. The van der Waals surface area contributed by atoms with E-state index < -0.39 is 6.23 Å². The first kappa shape index (κ1) is 23.8. The number of amidine groups is 1. The first-order valence-corrected chi connectivity index (χ1v) is 12.8. The van der Waals surface area contributed by atoms with Gasteiger partial charge in [-0.15, -0.1) is 11.3 Å². The van der Waals surface area contributed by atoms with Gasteiger partial charge in [-0.1, -0.05) is 12.1 Å². The molecule has 1 unspecified atom stereocenters. The number of aliphatic hydroxyl groups is 1. The number of nitrogens with zero attached hydrogens (tertiary/aromatic N) is 6. The Labute approximate surface area is 222 Å². The highest BCUT2D eigenvalue weighted by atomic mass is 32.1. The summed E-state index contributed by atoms with van der Waals surface area (Å²) in [6, 6.07) is 15.2. The van der Waals surface area contributed by atoms with Crippen molar-refractivity contribution in [2.24, 2.45) is 4.99 Å². The van der Waals surface area contributed by atoms with E-state index in [2.05, 4.69) is 25.0 Å². The van der Waals surface area contributed by atoms with E-state index in [1.165, 1.54) is 18.4 Å². The topological polar surface area (TPSA) is 125 Å². The molecule has 2 aromatic heterocycles. The molecule has 0 amide bonds. The van der Waals surface area contributed by atoms with Gasteiger partial charge >= 0.3 is 5.97 Å². The van der Waals surface area contributed by atoms with Crippen LogP contribution >= 0.6 is 11.3 Å². The lowest BCUT2D eigenvalue weighted by Crippen LogP contribution is -2.43. The molecule has 4 aromatic rings. The molecule has 1 atom stereocenters. The molecule has 192 valence electrons. The number of benzene rings is 2. The Kier molecular flexibility index (Phi) is 6.32. The van der Waals surface area contributed by atoms with Crippen LogP contribution in [0.5, 0.6) is 5.75 Å². The molecule has 38 heavy (non-hydrogen) atoms. The maximum absolute atomic E-state index is 11.4. The van der Waals surface area contributed by atoms with Crippen molar-refractivity contribution in [1.29, 1.82) is 0 Å². The Morgan fingerprint density at radius 1 is 1.16 bits per heavy atom. The molecule has 12 heteroatoms. The molecule has 0 radical (unpaired) electrons. The van der Waals surface area contributed by atoms with Gasteiger partial charge in [0.15, 0.2) is 17.9 Å². The Morgan fingerprint density at radius 2 is 2.00 bits per heavy atom. The van der Waals surface area contributed by atoms with Crippen molar-refractivity contribution in [1.82, 2.24) is 20.0 Å². The summed E-state index contributed by atoms with van der Waals surface area (Å²) in [6.07, 6.45) is 3.16. The second-order valence-corrected chi connectivity index (χ2v) is 9.32. The van der Waals surface area contributed by atoms with Crippen LogP contribution in [-0.2, 0) is 9.53 Å². The number of anilines is 4. The van der Waals surface area contributed by atoms with Crippen LogP contribution in [0.25, 0.3) is 0 Å². The number of aliphatic imine (C=N–C) groups is 1. The molecular formula is C26H23N7O4S. The van der Waals surface area contributed by atoms with Crippen LogP contribution in [0.1, 0.15) is 30.2 Å². The van der Waals surface area contributed by atoms with Crippen molar-refractivity contribution in [2.75, 3.05) is 24.0 Å². The SMILES string of the molecule is COC(=O)CCCOc1ccc(Nc2ncc3c(n2)N=C2c4ccccc4N(c4nccs4)N2C3O)cc1. The second kappa shape index (κ2) is 10.1. The highest BCUT2D eigenvalue weighted by molar-refractivity contribution is 7.13. The van der Waals surface area contributed by atoms with E-state index in [1.807, 2.05) is 58.9 Å². The largest absolute Gasteiger partial charge is 0.494 e. The Hall–Kier alpha value is -4.55. The number of esters is 1. The van der Waals surface area contributed by atoms with Crippen molar-refractivity contribution in [2.45, 2.75) is 19.1 Å². The van der Waals surface area contributed by atoms with Crippen LogP contribution in [-0.4, -0.2) is 50.6 Å². The molecule has 4 heterocycles. The number of fused-ring (bicyclic) bond motifs is 4. The fourth-order valence-corrected chi connectivity index (χ4v) is 4.90. The first-order chi connectivity index (χ1) is 18.6. The minimum atomic E-state index is -1.04. The van der Waals surface area contributed by atoms with E-state index in [0.29, 0.717) is 48.4 Å². The number of carbonyl (C=O) groups is 1. The molecule has 2 aliphatic heterocycles. The van der Waals surface area contributed by atoms with Crippen LogP contribution in [0.3, 0.4) is 0 Å². The third kappa shape index (κ3) is 4.40. The molecule has 0 saturated heterocycles. The summed E-state index contributed by atoms with van der Waals surface area (Å²) in [5, 5.41) is 20.7. The third-order valence-electron chi connectivity index (χ3n) is 6.06. The van der Waals surface area contributed by atoms with Crippen molar-refractivity contribution >= 4 is 51.4 Å². The lowest BCUT2D eigenvalue weighted by molar-refractivity contribution is -0.140. The van der Waals surface area contributed by atoms with Crippen molar-refractivity contribution in [3.63, 3.8) is 0 Å². The summed E-state index contributed by atoms with van der Waals surface area (Å²) >= 11 is 1.47. The lowest BCUT2D eigenvalue weighted by atomic mass is 10.1. The van der Waals surface area contributed by atoms with Gasteiger partial charge < -0.3 is 19.9 Å². The zero-order valence-corrected chi connectivity index (χ0v) is 21.1. The number of hydrogen-bond donors (Lipinski definition) is 2. The number of aliphatic hydroxyl groups excluding tert-OH is 1. The molecule has 0 bridgehead atoms. The number of hydrogen-bond acceptors (Lipinski definition) is 12. The minimum absolute atomic E-state index is 0.252. The number of aromatic nitrogens is 3. The first-order valence-electron chi connectivity index (χ1n) is 11.9. The van der Waals surface area contributed by atoms with E-state index in [0.717, 1.165) is 22.1 Å². The summed E-state index contributed by atoms with van der Waals surface area (Å²) in [5.74, 6) is 1.77. The maximum atomic E-state index is 11.4. The predicted octanol–water partition coefficient (Wildman–Crippen LogP) is 4.46.